The summed E-state index contributed by atoms with van der Waals surface area (Å²) in [7, 11) is 1.76. The van der Waals surface area contributed by atoms with E-state index < -0.39 is 0 Å². The fraction of sp³-hybridized carbons (Fsp3) is 0.400. The number of nitrogens with zero attached hydrogens (tertiary/aromatic N) is 1. The zero-order valence-corrected chi connectivity index (χ0v) is 14.4. The summed E-state index contributed by atoms with van der Waals surface area (Å²) in [5, 5.41) is 0.811. The number of hydrogen-bond acceptors (Lipinski definition) is 2. The van der Waals surface area contributed by atoms with Gasteiger partial charge in [-0.05, 0) is 67.6 Å². The Morgan fingerprint density at radius 1 is 1.04 bits per heavy atom. The fourth-order valence-corrected chi connectivity index (χ4v) is 3.54. The van der Waals surface area contributed by atoms with Crippen LogP contribution in [0.5, 0.6) is 5.75 Å². The van der Waals surface area contributed by atoms with Crippen molar-refractivity contribution in [2.24, 2.45) is 0 Å². The number of rotatable bonds is 5. The third-order valence-electron chi connectivity index (χ3n) is 4.80. The number of methoxy groups -OCH3 is 1. The predicted molar refractivity (Wildman–Crippen MR) is 96.6 cm³/mol. The van der Waals surface area contributed by atoms with Crippen LogP contribution in [0.25, 0.3) is 0 Å². The van der Waals surface area contributed by atoms with E-state index in [1.54, 1.807) is 7.11 Å². The van der Waals surface area contributed by atoms with E-state index in [4.69, 9.17) is 16.3 Å². The molecule has 1 heterocycles. The molecule has 1 fully saturated rings. The number of halogens is 1. The minimum Gasteiger partial charge on any atom is -0.496 e. The Labute approximate surface area is 144 Å². The maximum Gasteiger partial charge on any atom is 0.122 e. The van der Waals surface area contributed by atoms with Gasteiger partial charge in [0.15, 0.2) is 0 Å². The predicted octanol–water partition coefficient (Wildman–Crippen LogP) is 4.77. The summed E-state index contributed by atoms with van der Waals surface area (Å²) in [5.74, 6) is 1.66. The van der Waals surface area contributed by atoms with Crippen LogP contribution in [-0.4, -0.2) is 31.6 Å². The molecule has 1 aliphatic heterocycles. The Morgan fingerprint density at radius 3 is 2.43 bits per heavy atom. The molecule has 0 atom stereocenters. The Morgan fingerprint density at radius 2 is 1.74 bits per heavy atom. The van der Waals surface area contributed by atoms with Crippen LogP contribution in [0, 0.1) is 0 Å². The van der Waals surface area contributed by atoms with E-state index in [-0.39, 0.29) is 0 Å². The van der Waals surface area contributed by atoms with Crippen molar-refractivity contribution in [3.05, 3.63) is 64.7 Å². The van der Waals surface area contributed by atoms with Gasteiger partial charge in [-0.25, -0.2) is 0 Å². The number of ether oxygens (including phenoxy) is 1. The Bertz CT molecular complexity index is 618. The van der Waals surface area contributed by atoms with E-state index in [0.29, 0.717) is 5.92 Å². The van der Waals surface area contributed by atoms with Crippen LogP contribution >= 0.6 is 11.6 Å². The Kier molecular flexibility index (Phi) is 5.58. The summed E-state index contributed by atoms with van der Waals surface area (Å²) < 4.78 is 5.52. The quantitative estimate of drug-likeness (QED) is 0.783. The SMILES string of the molecule is COc1ccccc1C1CCN(CCc2ccc(Cl)cc2)CC1. The van der Waals surface area contributed by atoms with Gasteiger partial charge in [0.2, 0.25) is 0 Å². The molecular formula is C20H24ClNO. The number of benzene rings is 2. The first kappa shape index (κ1) is 16.4. The zero-order chi connectivity index (χ0) is 16.1. The second kappa shape index (κ2) is 7.85. The highest BCUT2D eigenvalue weighted by atomic mass is 35.5. The van der Waals surface area contributed by atoms with Crippen LogP contribution in [0.3, 0.4) is 0 Å². The molecule has 0 aromatic heterocycles. The lowest BCUT2D eigenvalue weighted by Crippen LogP contribution is -2.34. The van der Waals surface area contributed by atoms with Gasteiger partial charge in [-0.1, -0.05) is 41.9 Å². The molecule has 0 aliphatic carbocycles. The van der Waals surface area contributed by atoms with Gasteiger partial charge >= 0.3 is 0 Å². The third-order valence-corrected chi connectivity index (χ3v) is 5.05. The molecule has 0 unspecified atom stereocenters. The lowest BCUT2D eigenvalue weighted by Gasteiger charge is -2.32. The topological polar surface area (TPSA) is 12.5 Å². The van der Waals surface area contributed by atoms with E-state index in [9.17, 15) is 0 Å². The molecule has 3 heteroatoms. The van der Waals surface area contributed by atoms with Crippen molar-refractivity contribution in [2.45, 2.75) is 25.2 Å². The molecule has 23 heavy (non-hydrogen) atoms. The molecule has 2 aromatic carbocycles. The average Bonchev–Trinajstić information content (AvgIpc) is 2.62. The van der Waals surface area contributed by atoms with Gasteiger partial charge in [0.25, 0.3) is 0 Å². The molecule has 1 aliphatic rings. The van der Waals surface area contributed by atoms with Gasteiger partial charge in [-0.3, -0.25) is 0 Å². The van der Waals surface area contributed by atoms with Gasteiger partial charge in [0, 0.05) is 11.6 Å². The van der Waals surface area contributed by atoms with Crippen molar-refractivity contribution in [3.8, 4) is 5.75 Å². The van der Waals surface area contributed by atoms with Gasteiger partial charge < -0.3 is 9.64 Å². The summed E-state index contributed by atoms with van der Waals surface area (Å²) in [5.41, 5.74) is 2.73. The third kappa shape index (κ3) is 4.27. The standard InChI is InChI=1S/C20H24ClNO/c1-23-20-5-3-2-4-19(20)17-11-14-22(15-12-17)13-10-16-6-8-18(21)9-7-16/h2-9,17H,10-15H2,1H3. The number of piperidine rings is 1. The minimum atomic E-state index is 0.623. The van der Waals surface area contributed by atoms with Crippen LogP contribution in [0.4, 0.5) is 0 Å². The van der Waals surface area contributed by atoms with E-state index in [0.717, 1.165) is 36.8 Å². The molecule has 0 spiro atoms. The number of likely N-dealkylation sites (tertiary alicyclic amines) is 1. The molecule has 0 saturated carbocycles. The van der Waals surface area contributed by atoms with Crippen LogP contribution in [0.1, 0.15) is 29.9 Å². The van der Waals surface area contributed by atoms with Crippen LogP contribution in [0.15, 0.2) is 48.5 Å². The summed E-state index contributed by atoms with van der Waals surface area (Å²) >= 11 is 5.94. The molecule has 122 valence electrons. The summed E-state index contributed by atoms with van der Waals surface area (Å²) in [4.78, 5) is 2.57. The van der Waals surface area contributed by atoms with Gasteiger partial charge in [0.1, 0.15) is 5.75 Å². The van der Waals surface area contributed by atoms with Crippen molar-refractivity contribution >= 4 is 11.6 Å². The summed E-state index contributed by atoms with van der Waals surface area (Å²) in [6.45, 7) is 3.45. The van der Waals surface area contributed by atoms with Crippen molar-refractivity contribution in [3.63, 3.8) is 0 Å². The normalized spacial score (nSPS) is 16.4. The zero-order valence-electron chi connectivity index (χ0n) is 13.7. The molecular weight excluding hydrogens is 306 g/mol. The summed E-state index contributed by atoms with van der Waals surface area (Å²) in [6.07, 6.45) is 3.51. The highest BCUT2D eigenvalue weighted by Crippen LogP contribution is 2.33. The molecule has 0 N–H and O–H groups in total. The van der Waals surface area contributed by atoms with E-state index >= 15 is 0 Å². The molecule has 3 rings (SSSR count). The highest BCUT2D eigenvalue weighted by molar-refractivity contribution is 6.30. The Balaban J connectivity index is 1.51. The van der Waals surface area contributed by atoms with Crippen molar-refractivity contribution in [2.75, 3.05) is 26.7 Å². The average molecular weight is 330 g/mol. The van der Waals surface area contributed by atoms with Crippen LogP contribution in [-0.2, 0) is 6.42 Å². The molecule has 2 nitrogen and oxygen atoms in total. The van der Waals surface area contributed by atoms with E-state index in [2.05, 4.69) is 35.2 Å². The largest absolute Gasteiger partial charge is 0.496 e. The summed E-state index contributed by atoms with van der Waals surface area (Å²) in [6, 6.07) is 16.7. The lowest BCUT2D eigenvalue weighted by atomic mass is 9.88. The minimum absolute atomic E-state index is 0.623. The van der Waals surface area contributed by atoms with Crippen molar-refractivity contribution in [1.29, 1.82) is 0 Å². The smallest absolute Gasteiger partial charge is 0.122 e. The molecule has 0 radical (unpaired) electrons. The first-order chi connectivity index (χ1) is 11.3. The van der Waals surface area contributed by atoms with Gasteiger partial charge in [-0.15, -0.1) is 0 Å². The maximum atomic E-state index is 5.94. The number of hydrogen-bond donors (Lipinski definition) is 0. The monoisotopic (exact) mass is 329 g/mol. The van der Waals surface area contributed by atoms with Crippen molar-refractivity contribution < 1.29 is 4.74 Å². The lowest BCUT2D eigenvalue weighted by molar-refractivity contribution is 0.213. The second-order valence-corrected chi connectivity index (χ2v) is 6.67. The van der Waals surface area contributed by atoms with Gasteiger partial charge in [0.05, 0.1) is 7.11 Å². The van der Waals surface area contributed by atoms with E-state index in [1.165, 1.54) is 24.0 Å². The maximum absolute atomic E-state index is 5.94. The first-order valence-corrected chi connectivity index (χ1v) is 8.74. The molecule has 1 saturated heterocycles. The number of para-hydroxylation sites is 1. The van der Waals surface area contributed by atoms with Crippen LogP contribution in [0.2, 0.25) is 5.02 Å². The molecule has 0 bridgehead atoms. The fourth-order valence-electron chi connectivity index (χ4n) is 3.41. The Hall–Kier alpha value is -1.51. The molecule has 0 amide bonds. The van der Waals surface area contributed by atoms with E-state index in [1.807, 2.05) is 18.2 Å². The first-order valence-electron chi connectivity index (χ1n) is 8.36. The van der Waals surface area contributed by atoms with Gasteiger partial charge in [-0.2, -0.15) is 0 Å². The highest BCUT2D eigenvalue weighted by Gasteiger charge is 2.22. The van der Waals surface area contributed by atoms with Crippen molar-refractivity contribution in [1.82, 2.24) is 4.90 Å². The molecule has 2 aromatic rings. The second-order valence-electron chi connectivity index (χ2n) is 6.23. The van der Waals surface area contributed by atoms with Crippen LogP contribution < -0.4 is 4.74 Å².